The monoisotopic (exact) mass is 262 g/mol. The van der Waals surface area contributed by atoms with Crippen LogP contribution >= 0.6 is 0 Å². The molecule has 2 amide bonds. The molecular weight excluding hydrogens is 244 g/mol. The fraction of sp³-hybridized carbons (Fsp3) is 0.571. The molecule has 1 saturated heterocycles. The second kappa shape index (κ2) is 4.72. The number of hydrogen-bond donors (Lipinski definition) is 1. The first kappa shape index (κ1) is 12.3. The molecule has 1 atom stereocenters. The van der Waals surface area contributed by atoms with Gasteiger partial charge in [0.15, 0.2) is 0 Å². The first-order valence-corrected chi connectivity index (χ1v) is 6.82. The van der Waals surface area contributed by atoms with Gasteiger partial charge in [-0.25, -0.2) is 0 Å². The summed E-state index contributed by atoms with van der Waals surface area (Å²) < 4.78 is 5.17. The SMILES string of the molecule is Cc1occc1C(=O)N1CCC[C@@H]1C(=O)NC1CC1. The van der Waals surface area contributed by atoms with Crippen LogP contribution in [0.1, 0.15) is 41.8 Å². The van der Waals surface area contributed by atoms with Crippen molar-refractivity contribution in [2.24, 2.45) is 0 Å². The maximum absolute atomic E-state index is 12.4. The van der Waals surface area contributed by atoms with Crippen LogP contribution in [0.3, 0.4) is 0 Å². The van der Waals surface area contributed by atoms with E-state index < -0.39 is 0 Å². The Morgan fingerprint density at radius 2 is 2.16 bits per heavy atom. The van der Waals surface area contributed by atoms with E-state index in [9.17, 15) is 9.59 Å². The summed E-state index contributed by atoms with van der Waals surface area (Å²) in [6.07, 6.45) is 5.27. The number of likely N-dealkylation sites (tertiary alicyclic amines) is 1. The van der Waals surface area contributed by atoms with Crippen LogP contribution in [0.4, 0.5) is 0 Å². The summed E-state index contributed by atoms with van der Waals surface area (Å²) >= 11 is 0. The van der Waals surface area contributed by atoms with Crippen LogP contribution in [0.25, 0.3) is 0 Å². The number of carbonyl (C=O) groups is 2. The molecule has 102 valence electrons. The highest BCUT2D eigenvalue weighted by molar-refractivity contribution is 5.98. The Labute approximate surface area is 111 Å². The van der Waals surface area contributed by atoms with Crippen LogP contribution in [0.2, 0.25) is 0 Å². The van der Waals surface area contributed by atoms with E-state index in [2.05, 4.69) is 5.32 Å². The third kappa shape index (κ3) is 2.37. The van der Waals surface area contributed by atoms with Crippen LogP contribution < -0.4 is 5.32 Å². The fourth-order valence-corrected chi connectivity index (χ4v) is 2.57. The van der Waals surface area contributed by atoms with Gasteiger partial charge in [0.25, 0.3) is 5.91 Å². The minimum Gasteiger partial charge on any atom is -0.469 e. The minimum atomic E-state index is -0.317. The van der Waals surface area contributed by atoms with E-state index in [4.69, 9.17) is 4.42 Å². The summed E-state index contributed by atoms with van der Waals surface area (Å²) in [6, 6.07) is 1.69. The van der Waals surface area contributed by atoms with Crippen molar-refractivity contribution >= 4 is 11.8 Å². The maximum atomic E-state index is 12.4. The van der Waals surface area contributed by atoms with Gasteiger partial charge in [0.05, 0.1) is 11.8 Å². The molecule has 2 heterocycles. The Hall–Kier alpha value is -1.78. The fourth-order valence-electron chi connectivity index (χ4n) is 2.57. The molecule has 0 aromatic carbocycles. The molecule has 19 heavy (non-hydrogen) atoms. The second-order valence-electron chi connectivity index (χ2n) is 5.33. The summed E-state index contributed by atoms with van der Waals surface area (Å²) in [4.78, 5) is 26.2. The highest BCUT2D eigenvalue weighted by Gasteiger charge is 2.37. The number of carbonyl (C=O) groups excluding carboxylic acids is 2. The molecular formula is C14H18N2O3. The number of aryl methyl sites for hydroxylation is 1. The molecule has 1 aromatic rings. The zero-order valence-electron chi connectivity index (χ0n) is 11.0. The lowest BCUT2D eigenvalue weighted by molar-refractivity contribution is -0.125. The lowest BCUT2D eigenvalue weighted by Gasteiger charge is -2.23. The van der Waals surface area contributed by atoms with Gasteiger partial charge in [-0.05, 0) is 38.7 Å². The third-order valence-corrected chi connectivity index (χ3v) is 3.83. The first-order valence-electron chi connectivity index (χ1n) is 6.82. The summed E-state index contributed by atoms with van der Waals surface area (Å²) in [5, 5.41) is 2.98. The molecule has 2 fully saturated rings. The van der Waals surface area contributed by atoms with E-state index in [1.807, 2.05) is 0 Å². The van der Waals surface area contributed by atoms with Crippen LogP contribution in [0.15, 0.2) is 16.7 Å². The topological polar surface area (TPSA) is 62.6 Å². The molecule has 2 aliphatic rings. The number of furan rings is 1. The first-order chi connectivity index (χ1) is 9.16. The molecule has 1 saturated carbocycles. The maximum Gasteiger partial charge on any atom is 0.258 e. The Balaban J connectivity index is 1.73. The lowest BCUT2D eigenvalue weighted by atomic mass is 10.1. The largest absolute Gasteiger partial charge is 0.469 e. The van der Waals surface area contributed by atoms with Gasteiger partial charge < -0.3 is 14.6 Å². The van der Waals surface area contributed by atoms with E-state index in [-0.39, 0.29) is 17.9 Å². The van der Waals surface area contributed by atoms with Crippen molar-refractivity contribution in [1.82, 2.24) is 10.2 Å². The highest BCUT2D eigenvalue weighted by Crippen LogP contribution is 2.24. The summed E-state index contributed by atoms with van der Waals surface area (Å²) in [6.45, 7) is 2.41. The normalized spacial score (nSPS) is 22.6. The van der Waals surface area contributed by atoms with Gasteiger partial charge in [-0.15, -0.1) is 0 Å². The molecule has 0 radical (unpaired) electrons. The lowest BCUT2D eigenvalue weighted by Crippen LogP contribution is -2.46. The summed E-state index contributed by atoms with van der Waals surface area (Å²) in [5.74, 6) is 0.507. The predicted molar refractivity (Wildman–Crippen MR) is 68.7 cm³/mol. The van der Waals surface area contributed by atoms with Crippen molar-refractivity contribution in [2.75, 3.05) is 6.54 Å². The molecule has 5 nitrogen and oxygen atoms in total. The molecule has 0 bridgehead atoms. The molecule has 0 spiro atoms. The van der Waals surface area contributed by atoms with E-state index in [0.717, 1.165) is 25.7 Å². The van der Waals surface area contributed by atoms with Crippen LogP contribution in [-0.2, 0) is 4.79 Å². The Kier molecular flexibility index (Phi) is 3.05. The van der Waals surface area contributed by atoms with E-state index >= 15 is 0 Å². The Morgan fingerprint density at radius 1 is 1.37 bits per heavy atom. The molecule has 0 unspecified atom stereocenters. The van der Waals surface area contributed by atoms with Crippen molar-refractivity contribution in [3.05, 3.63) is 23.7 Å². The molecule has 1 N–H and O–H groups in total. The zero-order valence-corrected chi connectivity index (χ0v) is 11.0. The average molecular weight is 262 g/mol. The quantitative estimate of drug-likeness (QED) is 0.897. The number of nitrogens with zero attached hydrogens (tertiary/aromatic N) is 1. The molecule has 1 aliphatic carbocycles. The molecule has 3 rings (SSSR count). The van der Waals surface area contributed by atoms with Crippen molar-refractivity contribution in [1.29, 1.82) is 0 Å². The van der Waals surface area contributed by atoms with Gasteiger partial charge in [0.1, 0.15) is 11.8 Å². The van der Waals surface area contributed by atoms with Crippen molar-refractivity contribution in [2.45, 2.75) is 44.7 Å². The van der Waals surface area contributed by atoms with Crippen molar-refractivity contribution in [3.63, 3.8) is 0 Å². The number of nitrogens with one attached hydrogen (secondary N) is 1. The number of amides is 2. The minimum absolute atomic E-state index is 0.00509. The van der Waals surface area contributed by atoms with Crippen LogP contribution in [0, 0.1) is 6.92 Å². The number of hydrogen-bond acceptors (Lipinski definition) is 3. The van der Waals surface area contributed by atoms with Gasteiger partial charge in [-0.3, -0.25) is 9.59 Å². The van der Waals surface area contributed by atoms with Gasteiger partial charge >= 0.3 is 0 Å². The summed E-state index contributed by atoms with van der Waals surface area (Å²) in [7, 11) is 0. The van der Waals surface area contributed by atoms with E-state index in [1.54, 1.807) is 17.9 Å². The number of rotatable bonds is 3. The van der Waals surface area contributed by atoms with Gasteiger partial charge in [0.2, 0.25) is 5.91 Å². The Bertz CT molecular complexity index is 505. The van der Waals surface area contributed by atoms with Crippen molar-refractivity contribution in [3.8, 4) is 0 Å². The molecule has 1 aliphatic heterocycles. The standard InChI is InChI=1S/C14H18N2O3/c1-9-11(6-8-19-9)14(18)16-7-2-3-12(16)13(17)15-10-4-5-10/h6,8,10,12H,2-5,7H2,1H3,(H,15,17)/t12-/m1/s1. The van der Waals surface area contributed by atoms with Gasteiger partial charge in [-0.2, -0.15) is 0 Å². The van der Waals surface area contributed by atoms with Crippen molar-refractivity contribution < 1.29 is 14.0 Å². The smallest absolute Gasteiger partial charge is 0.258 e. The predicted octanol–water partition coefficient (Wildman–Crippen LogP) is 1.47. The highest BCUT2D eigenvalue weighted by atomic mass is 16.3. The molecule has 1 aromatic heterocycles. The van der Waals surface area contributed by atoms with Crippen LogP contribution in [-0.4, -0.2) is 35.3 Å². The van der Waals surface area contributed by atoms with Crippen LogP contribution in [0.5, 0.6) is 0 Å². The summed E-state index contributed by atoms with van der Waals surface area (Å²) in [5.41, 5.74) is 0.561. The third-order valence-electron chi connectivity index (χ3n) is 3.83. The van der Waals surface area contributed by atoms with Gasteiger partial charge in [0, 0.05) is 12.6 Å². The molecule has 5 heteroatoms. The van der Waals surface area contributed by atoms with Gasteiger partial charge in [-0.1, -0.05) is 0 Å². The van der Waals surface area contributed by atoms with E-state index in [0.29, 0.717) is 23.9 Å². The Morgan fingerprint density at radius 3 is 2.79 bits per heavy atom. The average Bonchev–Trinajstić information content (AvgIpc) is 2.92. The van der Waals surface area contributed by atoms with E-state index in [1.165, 1.54) is 6.26 Å². The second-order valence-corrected chi connectivity index (χ2v) is 5.33. The zero-order chi connectivity index (χ0) is 13.4.